The van der Waals surface area contributed by atoms with E-state index in [1.54, 1.807) is 12.1 Å². The van der Waals surface area contributed by atoms with Crippen LogP contribution in [0.5, 0.6) is 0 Å². The first kappa shape index (κ1) is 14.5. The number of likely N-dealkylation sites (tertiary alicyclic amines) is 1. The van der Waals surface area contributed by atoms with Gasteiger partial charge in [-0.15, -0.1) is 0 Å². The van der Waals surface area contributed by atoms with Crippen LogP contribution in [0.4, 0.5) is 0 Å². The molecule has 1 heterocycles. The second-order valence-electron chi connectivity index (χ2n) is 5.54. The first-order valence-corrected chi connectivity index (χ1v) is 7.03. The molecule has 106 valence electrons. The third kappa shape index (κ3) is 3.58. The van der Waals surface area contributed by atoms with Gasteiger partial charge in [0.05, 0.1) is 18.1 Å². The highest BCUT2D eigenvalue weighted by Gasteiger charge is 2.23. The minimum absolute atomic E-state index is 0.134. The van der Waals surface area contributed by atoms with Crippen LogP contribution in [0.15, 0.2) is 24.3 Å². The van der Waals surface area contributed by atoms with Crippen LogP contribution in [0, 0.1) is 11.3 Å². The number of benzene rings is 1. The van der Waals surface area contributed by atoms with Gasteiger partial charge in [-0.3, -0.25) is 4.79 Å². The number of hydrogen-bond acceptors (Lipinski definition) is 3. The Hall–Kier alpha value is -1.86. The Morgan fingerprint density at radius 3 is 2.70 bits per heavy atom. The zero-order valence-corrected chi connectivity index (χ0v) is 12.2. The molecule has 4 heteroatoms. The summed E-state index contributed by atoms with van der Waals surface area (Å²) < 4.78 is 0. The molecule has 0 aliphatic carbocycles. The van der Waals surface area contributed by atoms with Crippen LogP contribution in [-0.2, 0) is 11.2 Å². The largest absolute Gasteiger partial charge is 0.344 e. The molecule has 1 aromatic rings. The number of nitriles is 1. The van der Waals surface area contributed by atoms with E-state index in [9.17, 15) is 4.79 Å². The van der Waals surface area contributed by atoms with Gasteiger partial charge in [-0.2, -0.15) is 5.26 Å². The quantitative estimate of drug-likeness (QED) is 0.836. The Bertz CT molecular complexity index is 503. The summed E-state index contributed by atoms with van der Waals surface area (Å²) in [7, 11) is 3.99. The van der Waals surface area contributed by atoms with E-state index in [2.05, 4.69) is 18.0 Å². The van der Waals surface area contributed by atoms with Gasteiger partial charge in [0, 0.05) is 19.6 Å². The molecule has 4 nitrogen and oxygen atoms in total. The van der Waals surface area contributed by atoms with Gasteiger partial charge >= 0.3 is 0 Å². The second kappa shape index (κ2) is 6.53. The molecule has 1 unspecified atom stereocenters. The van der Waals surface area contributed by atoms with Crippen LogP contribution in [0.1, 0.15) is 24.0 Å². The summed E-state index contributed by atoms with van der Waals surface area (Å²) >= 11 is 0. The van der Waals surface area contributed by atoms with Crippen molar-refractivity contribution in [2.75, 3.05) is 27.2 Å². The van der Waals surface area contributed by atoms with E-state index < -0.39 is 0 Å². The van der Waals surface area contributed by atoms with Crippen molar-refractivity contribution in [2.24, 2.45) is 0 Å². The highest BCUT2D eigenvalue weighted by molar-refractivity contribution is 5.78. The lowest BCUT2D eigenvalue weighted by Gasteiger charge is -2.26. The van der Waals surface area contributed by atoms with Gasteiger partial charge in [0.25, 0.3) is 0 Å². The van der Waals surface area contributed by atoms with E-state index in [1.807, 2.05) is 24.1 Å². The van der Waals surface area contributed by atoms with Crippen molar-refractivity contribution in [2.45, 2.75) is 25.3 Å². The molecule has 0 saturated carbocycles. The smallest absolute Gasteiger partial charge is 0.226 e. The Morgan fingerprint density at radius 1 is 1.45 bits per heavy atom. The van der Waals surface area contributed by atoms with Crippen LogP contribution in [-0.4, -0.2) is 48.9 Å². The fourth-order valence-corrected chi connectivity index (χ4v) is 2.63. The average Bonchev–Trinajstić information content (AvgIpc) is 2.85. The number of hydrogen-bond donors (Lipinski definition) is 0. The molecule has 0 N–H and O–H groups in total. The molecule has 1 amide bonds. The summed E-state index contributed by atoms with van der Waals surface area (Å²) in [4.78, 5) is 16.4. The molecule has 0 bridgehead atoms. The molecule has 20 heavy (non-hydrogen) atoms. The standard InChI is InChI=1S/C16H21N3O/c1-18-9-3-4-15(18)12-19(2)16(20)10-13-5-7-14(11-17)8-6-13/h5-8,15H,3-4,9-10,12H2,1-2H3. The van der Waals surface area contributed by atoms with E-state index in [4.69, 9.17) is 5.26 Å². The molecule has 0 aromatic heterocycles. The van der Waals surface area contributed by atoms with Crippen molar-refractivity contribution in [1.29, 1.82) is 5.26 Å². The van der Waals surface area contributed by atoms with Crippen LogP contribution in [0.2, 0.25) is 0 Å². The molecule has 1 saturated heterocycles. The van der Waals surface area contributed by atoms with Crippen molar-refractivity contribution in [3.63, 3.8) is 0 Å². The van der Waals surface area contributed by atoms with Crippen LogP contribution in [0.3, 0.4) is 0 Å². The Kier molecular flexibility index (Phi) is 4.75. The highest BCUT2D eigenvalue weighted by Crippen LogP contribution is 2.16. The maximum atomic E-state index is 12.2. The second-order valence-corrected chi connectivity index (χ2v) is 5.54. The van der Waals surface area contributed by atoms with E-state index in [0.29, 0.717) is 18.0 Å². The van der Waals surface area contributed by atoms with Crippen molar-refractivity contribution in [3.05, 3.63) is 35.4 Å². The summed E-state index contributed by atoms with van der Waals surface area (Å²) in [6.07, 6.45) is 2.79. The molecule has 1 fully saturated rings. The molecular formula is C16H21N3O. The molecule has 0 spiro atoms. The predicted molar refractivity (Wildman–Crippen MR) is 78.2 cm³/mol. The normalized spacial score (nSPS) is 18.8. The Balaban J connectivity index is 1.88. The molecule has 1 aliphatic rings. The van der Waals surface area contributed by atoms with Crippen molar-refractivity contribution >= 4 is 5.91 Å². The van der Waals surface area contributed by atoms with Crippen molar-refractivity contribution < 1.29 is 4.79 Å². The van der Waals surface area contributed by atoms with Gasteiger partial charge in [-0.05, 0) is 44.1 Å². The van der Waals surface area contributed by atoms with Crippen molar-refractivity contribution in [1.82, 2.24) is 9.80 Å². The number of amides is 1. The van der Waals surface area contributed by atoms with E-state index in [1.165, 1.54) is 12.8 Å². The fourth-order valence-electron chi connectivity index (χ4n) is 2.63. The van der Waals surface area contributed by atoms with E-state index in [0.717, 1.165) is 18.7 Å². The minimum Gasteiger partial charge on any atom is -0.344 e. The third-order valence-corrected chi connectivity index (χ3v) is 4.02. The SMILES string of the molecule is CN(CC1CCCN1C)C(=O)Cc1ccc(C#N)cc1. The monoisotopic (exact) mass is 271 g/mol. The summed E-state index contributed by atoms with van der Waals surface area (Å²) in [5.41, 5.74) is 1.59. The van der Waals surface area contributed by atoms with Gasteiger partial charge in [0.2, 0.25) is 5.91 Å². The summed E-state index contributed by atoms with van der Waals surface area (Å²) in [5, 5.41) is 8.75. The lowest BCUT2D eigenvalue weighted by Crippen LogP contribution is -2.40. The molecular weight excluding hydrogens is 250 g/mol. The number of rotatable bonds is 4. The van der Waals surface area contributed by atoms with Crippen LogP contribution in [0.25, 0.3) is 0 Å². The topological polar surface area (TPSA) is 47.3 Å². The predicted octanol–water partition coefficient (Wildman–Crippen LogP) is 1.65. The number of carbonyl (C=O) groups excluding carboxylic acids is 1. The zero-order chi connectivity index (χ0) is 14.5. The van der Waals surface area contributed by atoms with Gasteiger partial charge in [0.1, 0.15) is 0 Å². The minimum atomic E-state index is 0.134. The molecule has 1 aromatic carbocycles. The lowest BCUT2D eigenvalue weighted by molar-refractivity contribution is -0.129. The molecule has 1 aliphatic heterocycles. The Labute approximate surface area is 120 Å². The van der Waals surface area contributed by atoms with Gasteiger partial charge in [-0.1, -0.05) is 12.1 Å². The first-order valence-electron chi connectivity index (χ1n) is 7.03. The van der Waals surface area contributed by atoms with E-state index >= 15 is 0 Å². The highest BCUT2D eigenvalue weighted by atomic mass is 16.2. The Morgan fingerprint density at radius 2 is 2.15 bits per heavy atom. The maximum absolute atomic E-state index is 12.2. The number of likely N-dealkylation sites (N-methyl/N-ethyl adjacent to an activating group) is 2. The third-order valence-electron chi connectivity index (χ3n) is 4.02. The van der Waals surface area contributed by atoms with Crippen molar-refractivity contribution in [3.8, 4) is 6.07 Å². The van der Waals surface area contributed by atoms with Gasteiger partial charge in [-0.25, -0.2) is 0 Å². The van der Waals surface area contributed by atoms with E-state index in [-0.39, 0.29) is 5.91 Å². The fraction of sp³-hybridized carbons (Fsp3) is 0.500. The number of carbonyl (C=O) groups is 1. The van der Waals surface area contributed by atoms with Crippen LogP contribution < -0.4 is 0 Å². The first-order chi connectivity index (χ1) is 9.60. The lowest BCUT2D eigenvalue weighted by atomic mass is 10.1. The molecule has 1 atom stereocenters. The average molecular weight is 271 g/mol. The molecule has 0 radical (unpaired) electrons. The van der Waals surface area contributed by atoms with Crippen LogP contribution >= 0.6 is 0 Å². The summed E-state index contributed by atoms with van der Waals surface area (Å²) in [5.74, 6) is 0.134. The van der Waals surface area contributed by atoms with Gasteiger partial charge in [0.15, 0.2) is 0 Å². The molecule has 2 rings (SSSR count). The summed E-state index contributed by atoms with van der Waals surface area (Å²) in [6.45, 7) is 1.92. The maximum Gasteiger partial charge on any atom is 0.226 e. The summed E-state index contributed by atoms with van der Waals surface area (Å²) in [6, 6.07) is 9.79. The number of nitrogens with zero attached hydrogens (tertiary/aromatic N) is 3. The van der Waals surface area contributed by atoms with Gasteiger partial charge < -0.3 is 9.80 Å². The zero-order valence-electron chi connectivity index (χ0n) is 12.2.